The highest BCUT2D eigenvalue weighted by atomic mass is 19.4. The number of benzene rings is 1. The number of fused-ring (bicyclic) bond motifs is 1. The molecule has 10 heteroatoms. The van der Waals surface area contributed by atoms with Gasteiger partial charge in [0.05, 0.1) is 16.9 Å². The van der Waals surface area contributed by atoms with Crippen LogP contribution in [0.15, 0.2) is 24.3 Å². The fourth-order valence-corrected chi connectivity index (χ4v) is 3.09. The Morgan fingerprint density at radius 1 is 1.14 bits per heavy atom. The number of carbonyl (C=O) groups excluding carboxylic acids is 1. The Labute approximate surface area is 165 Å². The van der Waals surface area contributed by atoms with Crippen LogP contribution in [0, 0.1) is 13.8 Å². The Morgan fingerprint density at radius 3 is 2.45 bits per heavy atom. The van der Waals surface area contributed by atoms with Crippen molar-refractivity contribution in [2.45, 2.75) is 33.9 Å². The normalized spacial score (nSPS) is 11.7. The fraction of sp³-hybridized carbons (Fsp3) is 0.368. The van der Waals surface area contributed by atoms with Crippen LogP contribution in [-0.4, -0.2) is 38.6 Å². The summed E-state index contributed by atoms with van der Waals surface area (Å²) in [5.74, 6) is -0.630. The molecule has 3 rings (SSSR count). The van der Waals surface area contributed by atoms with Gasteiger partial charge in [0.1, 0.15) is 0 Å². The Kier molecular flexibility index (Phi) is 5.45. The monoisotopic (exact) mass is 406 g/mol. The van der Waals surface area contributed by atoms with Gasteiger partial charge in [-0.25, -0.2) is 9.50 Å². The molecule has 154 valence electrons. The van der Waals surface area contributed by atoms with E-state index in [0.717, 1.165) is 23.5 Å². The van der Waals surface area contributed by atoms with Crippen molar-refractivity contribution in [1.29, 1.82) is 0 Å². The number of alkyl halides is 3. The standard InChI is InChI=1S/C19H21F3N6O/c1-5-27(6-2)15-8-7-13(19(20,21)22)10-14(15)24-17(29)16-25-18-23-11(3)9-12(4)28(18)26-16/h7-10H,5-6H2,1-4H3,(H,24,29). The molecular weight excluding hydrogens is 385 g/mol. The zero-order chi connectivity index (χ0) is 21.3. The number of aromatic nitrogens is 4. The summed E-state index contributed by atoms with van der Waals surface area (Å²) >= 11 is 0. The van der Waals surface area contributed by atoms with Crippen molar-refractivity contribution in [3.63, 3.8) is 0 Å². The highest BCUT2D eigenvalue weighted by Gasteiger charge is 2.32. The first-order valence-corrected chi connectivity index (χ1v) is 9.12. The molecule has 0 aliphatic rings. The number of halogens is 3. The average molecular weight is 406 g/mol. The van der Waals surface area contributed by atoms with Crippen LogP contribution in [0.5, 0.6) is 0 Å². The minimum absolute atomic E-state index is 0.0493. The van der Waals surface area contributed by atoms with E-state index in [-0.39, 0.29) is 17.3 Å². The van der Waals surface area contributed by atoms with Crippen LogP contribution in [0.4, 0.5) is 24.5 Å². The minimum atomic E-state index is -4.53. The van der Waals surface area contributed by atoms with E-state index in [0.29, 0.717) is 18.8 Å². The predicted octanol–water partition coefficient (Wildman–Crippen LogP) is 3.86. The first kappa shape index (κ1) is 20.6. The zero-order valence-electron chi connectivity index (χ0n) is 16.5. The highest BCUT2D eigenvalue weighted by molar-refractivity contribution is 6.03. The number of aryl methyl sites for hydroxylation is 2. The molecule has 0 unspecified atom stereocenters. The van der Waals surface area contributed by atoms with E-state index >= 15 is 0 Å². The largest absolute Gasteiger partial charge is 0.416 e. The number of rotatable bonds is 5. The van der Waals surface area contributed by atoms with Gasteiger partial charge in [0.15, 0.2) is 0 Å². The van der Waals surface area contributed by atoms with E-state index in [1.165, 1.54) is 10.6 Å². The van der Waals surface area contributed by atoms with E-state index in [1.807, 2.05) is 18.7 Å². The molecule has 0 aliphatic carbocycles. The molecule has 1 N–H and O–H groups in total. The van der Waals surface area contributed by atoms with Gasteiger partial charge in [-0.2, -0.15) is 18.2 Å². The van der Waals surface area contributed by atoms with Gasteiger partial charge < -0.3 is 10.2 Å². The lowest BCUT2D eigenvalue weighted by molar-refractivity contribution is -0.137. The summed E-state index contributed by atoms with van der Waals surface area (Å²) in [6.07, 6.45) is -4.53. The van der Waals surface area contributed by atoms with Gasteiger partial charge in [0, 0.05) is 24.5 Å². The van der Waals surface area contributed by atoms with Crippen molar-refractivity contribution in [2.75, 3.05) is 23.3 Å². The number of carbonyl (C=O) groups is 1. The molecular formula is C19H21F3N6O. The molecule has 0 saturated heterocycles. The van der Waals surface area contributed by atoms with Gasteiger partial charge in [-0.15, -0.1) is 5.10 Å². The zero-order valence-corrected chi connectivity index (χ0v) is 16.5. The van der Waals surface area contributed by atoms with Crippen LogP contribution in [0.1, 0.15) is 41.4 Å². The van der Waals surface area contributed by atoms with Crippen molar-refractivity contribution in [2.24, 2.45) is 0 Å². The second-order valence-electron chi connectivity index (χ2n) is 6.54. The van der Waals surface area contributed by atoms with Crippen molar-refractivity contribution in [3.05, 3.63) is 47.0 Å². The van der Waals surface area contributed by atoms with Crippen LogP contribution in [0.2, 0.25) is 0 Å². The maximum atomic E-state index is 13.2. The molecule has 2 heterocycles. The van der Waals surface area contributed by atoms with E-state index in [4.69, 9.17) is 0 Å². The SMILES string of the molecule is CCN(CC)c1ccc(C(F)(F)F)cc1NC(=O)c1nc2nc(C)cc(C)n2n1. The van der Waals surface area contributed by atoms with Gasteiger partial charge in [0.25, 0.3) is 11.7 Å². The minimum Gasteiger partial charge on any atom is -0.370 e. The number of nitrogens with zero attached hydrogens (tertiary/aromatic N) is 5. The molecule has 29 heavy (non-hydrogen) atoms. The first-order chi connectivity index (χ1) is 13.6. The predicted molar refractivity (Wildman–Crippen MR) is 103 cm³/mol. The van der Waals surface area contributed by atoms with Gasteiger partial charge in [-0.3, -0.25) is 4.79 Å². The summed E-state index contributed by atoms with van der Waals surface area (Å²) in [7, 11) is 0. The number of hydrogen-bond donors (Lipinski definition) is 1. The highest BCUT2D eigenvalue weighted by Crippen LogP contribution is 2.35. The number of nitrogens with one attached hydrogen (secondary N) is 1. The smallest absolute Gasteiger partial charge is 0.370 e. The first-order valence-electron chi connectivity index (χ1n) is 9.12. The third-order valence-electron chi connectivity index (χ3n) is 4.50. The van der Waals surface area contributed by atoms with Crippen LogP contribution in [0.25, 0.3) is 5.78 Å². The second-order valence-corrected chi connectivity index (χ2v) is 6.54. The third kappa shape index (κ3) is 4.15. The fourth-order valence-electron chi connectivity index (χ4n) is 3.09. The van der Waals surface area contributed by atoms with E-state index < -0.39 is 17.6 Å². The van der Waals surface area contributed by atoms with Gasteiger partial charge in [-0.05, 0) is 52.0 Å². The summed E-state index contributed by atoms with van der Waals surface area (Å²) in [5.41, 5.74) is 1.15. The van der Waals surface area contributed by atoms with Gasteiger partial charge >= 0.3 is 6.18 Å². The van der Waals surface area contributed by atoms with E-state index in [9.17, 15) is 18.0 Å². The van der Waals surface area contributed by atoms with Gasteiger partial charge in [-0.1, -0.05) is 0 Å². The van der Waals surface area contributed by atoms with Crippen molar-refractivity contribution < 1.29 is 18.0 Å². The van der Waals surface area contributed by atoms with Crippen LogP contribution >= 0.6 is 0 Å². The lowest BCUT2D eigenvalue weighted by atomic mass is 10.1. The van der Waals surface area contributed by atoms with Gasteiger partial charge in [0.2, 0.25) is 5.82 Å². The van der Waals surface area contributed by atoms with Crippen molar-refractivity contribution in [3.8, 4) is 0 Å². The maximum Gasteiger partial charge on any atom is 0.416 e. The molecule has 1 aromatic carbocycles. The molecule has 0 spiro atoms. The number of hydrogen-bond acceptors (Lipinski definition) is 5. The Hall–Kier alpha value is -3.17. The van der Waals surface area contributed by atoms with E-state index in [1.54, 1.807) is 19.9 Å². The molecule has 0 saturated carbocycles. The van der Waals surface area contributed by atoms with Crippen LogP contribution < -0.4 is 10.2 Å². The molecule has 2 aromatic heterocycles. The second kappa shape index (κ2) is 7.69. The third-order valence-corrected chi connectivity index (χ3v) is 4.50. The molecule has 0 aliphatic heterocycles. The van der Waals surface area contributed by atoms with Crippen LogP contribution in [0.3, 0.4) is 0 Å². The van der Waals surface area contributed by atoms with Crippen LogP contribution in [-0.2, 0) is 6.18 Å². The lowest BCUT2D eigenvalue weighted by Gasteiger charge is -2.25. The average Bonchev–Trinajstić information content (AvgIpc) is 3.07. The molecule has 1 amide bonds. The number of amides is 1. The Balaban J connectivity index is 2.01. The summed E-state index contributed by atoms with van der Waals surface area (Å²) in [6.45, 7) is 8.49. The quantitative estimate of drug-likeness (QED) is 0.696. The Bertz CT molecular complexity index is 1060. The molecule has 0 bridgehead atoms. The number of anilines is 2. The summed E-state index contributed by atoms with van der Waals surface area (Å²) in [5, 5.41) is 6.67. The topological polar surface area (TPSA) is 75.4 Å². The summed E-state index contributed by atoms with van der Waals surface area (Å²) in [4.78, 5) is 22.9. The molecule has 7 nitrogen and oxygen atoms in total. The molecule has 3 aromatic rings. The summed E-state index contributed by atoms with van der Waals surface area (Å²) in [6, 6.07) is 5.07. The molecule has 0 atom stereocenters. The molecule has 0 fully saturated rings. The maximum absolute atomic E-state index is 13.2. The van der Waals surface area contributed by atoms with Crippen molar-refractivity contribution >= 4 is 23.1 Å². The Morgan fingerprint density at radius 2 is 1.83 bits per heavy atom. The lowest BCUT2D eigenvalue weighted by Crippen LogP contribution is -2.25. The summed E-state index contributed by atoms with van der Waals surface area (Å²) < 4.78 is 41.0. The van der Waals surface area contributed by atoms with E-state index in [2.05, 4.69) is 20.4 Å². The molecule has 0 radical (unpaired) electrons. The van der Waals surface area contributed by atoms with Crippen molar-refractivity contribution in [1.82, 2.24) is 19.6 Å².